The SMILES string of the molecule is CC[C@H](O)c1coc(-c2cncc([C@@]34CC[C@@H](c5cc(-c6c(F)cccc6F)nnc53)C4(C)C)n2)n1. The molecule has 1 fully saturated rings. The molecule has 7 nitrogen and oxygen atoms in total. The number of hydrogen-bond donors (Lipinski definition) is 1. The molecule has 4 aromatic rings. The molecule has 0 saturated heterocycles. The molecule has 184 valence electrons. The second-order valence-corrected chi connectivity index (χ2v) is 10.1. The van der Waals surface area contributed by atoms with Crippen LogP contribution in [-0.2, 0) is 5.41 Å². The summed E-state index contributed by atoms with van der Waals surface area (Å²) < 4.78 is 34.6. The van der Waals surface area contributed by atoms with E-state index in [1.54, 1.807) is 18.5 Å². The van der Waals surface area contributed by atoms with Crippen molar-refractivity contribution in [1.82, 2.24) is 25.1 Å². The average molecular weight is 490 g/mol. The van der Waals surface area contributed by atoms with Crippen LogP contribution in [0.25, 0.3) is 22.8 Å². The van der Waals surface area contributed by atoms with E-state index in [0.717, 1.165) is 29.8 Å². The minimum absolute atomic E-state index is 0.120. The molecule has 2 bridgehead atoms. The maximum absolute atomic E-state index is 14.5. The molecule has 1 N–H and O–H groups in total. The predicted octanol–water partition coefficient (Wildman–Crippen LogP) is 5.51. The van der Waals surface area contributed by atoms with Crippen LogP contribution in [0.4, 0.5) is 8.78 Å². The predicted molar refractivity (Wildman–Crippen MR) is 127 cm³/mol. The van der Waals surface area contributed by atoms with Crippen LogP contribution in [0, 0.1) is 17.0 Å². The third-order valence-corrected chi connectivity index (χ3v) is 8.14. The zero-order valence-electron chi connectivity index (χ0n) is 20.2. The monoisotopic (exact) mass is 489 g/mol. The number of fused-ring (bicyclic) bond motifs is 5. The third kappa shape index (κ3) is 3.01. The van der Waals surface area contributed by atoms with Crippen molar-refractivity contribution in [3.63, 3.8) is 0 Å². The Bertz CT molecular complexity index is 1470. The van der Waals surface area contributed by atoms with Crippen molar-refractivity contribution >= 4 is 0 Å². The fourth-order valence-electron chi connectivity index (χ4n) is 6.20. The van der Waals surface area contributed by atoms with Crippen LogP contribution in [0.15, 0.2) is 47.3 Å². The zero-order chi connectivity index (χ0) is 25.2. The van der Waals surface area contributed by atoms with E-state index in [1.165, 1.54) is 24.5 Å². The fourth-order valence-corrected chi connectivity index (χ4v) is 6.20. The van der Waals surface area contributed by atoms with Crippen molar-refractivity contribution in [2.45, 2.75) is 57.5 Å². The van der Waals surface area contributed by atoms with Crippen molar-refractivity contribution in [1.29, 1.82) is 0 Å². The van der Waals surface area contributed by atoms with Gasteiger partial charge in [0.1, 0.15) is 29.3 Å². The van der Waals surface area contributed by atoms with Gasteiger partial charge in [-0.15, -0.1) is 5.10 Å². The van der Waals surface area contributed by atoms with Gasteiger partial charge in [0.25, 0.3) is 0 Å². The van der Waals surface area contributed by atoms with Gasteiger partial charge in [-0.25, -0.2) is 18.7 Å². The van der Waals surface area contributed by atoms with Crippen LogP contribution in [-0.4, -0.2) is 30.3 Å². The highest BCUT2D eigenvalue weighted by atomic mass is 19.1. The Morgan fingerprint density at radius 3 is 2.64 bits per heavy atom. The van der Waals surface area contributed by atoms with Crippen LogP contribution < -0.4 is 0 Å². The van der Waals surface area contributed by atoms with E-state index in [2.05, 4.69) is 34.0 Å². The molecule has 0 radical (unpaired) electrons. The topological polar surface area (TPSA) is 97.8 Å². The first-order chi connectivity index (χ1) is 17.3. The maximum atomic E-state index is 14.5. The summed E-state index contributed by atoms with van der Waals surface area (Å²) in [6, 6.07) is 5.56. The fraction of sp³-hybridized carbons (Fsp3) is 0.370. The summed E-state index contributed by atoms with van der Waals surface area (Å²) in [5.41, 5.74) is 2.49. The number of oxazole rings is 1. The van der Waals surface area contributed by atoms with Crippen LogP contribution in [0.3, 0.4) is 0 Å². The molecule has 0 spiro atoms. The van der Waals surface area contributed by atoms with Gasteiger partial charge in [0.2, 0.25) is 5.89 Å². The quantitative estimate of drug-likeness (QED) is 0.395. The third-order valence-electron chi connectivity index (χ3n) is 8.14. The van der Waals surface area contributed by atoms with E-state index in [4.69, 9.17) is 9.40 Å². The molecule has 3 aromatic heterocycles. The molecule has 6 rings (SSSR count). The van der Waals surface area contributed by atoms with Crippen LogP contribution in [0.2, 0.25) is 0 Å². The van der Waals surface area contributed by atoms with Gasteiger partial charge >= 0.3 is 0 Å². The molecule has 2 aliphatic carbocycles. The van der Waals surface area contributed by atoms with Gasteiger partial charge in [-0.1, -0.05) is 26.8 Å². The maximum Gasteiger partial charge on any atom is 0.247 e. The number of aliphatic hydroxyl groups excluding tert-OH is 1. The Kier molecular flexibility index (Phi) is 5.05. The summed E-state index contributed by atoms with van der Waals surface area (Å²) in [6.07, 6.45) is 6.23. The molecule has 3 atom stereocenters. The number of rotatable bonds is 5. The lowest BCUT2D eigenvalue weighted by Gasteiger charge is -2.37. The second-order valence-electron chi connectivity index (χ2n) is 10.1. The summed E-state index contributed by atoms with van der Waals surface area (Å²) in [5, 5.41) is 18.9. The summed E-state index contributed by atoms with van der Waals surface area (Å²) in [4.78, 5) is 13.8. The van der Waals surface area contributed by atoms with Gasteiger partial charge in [-0.3, -0.25) is 4.98 Å². The van der Waals surface area contributed by atoms with Crippen molar-refractivity contribution in [3.8, 4) is 22.8 Å². The number of aliphatic hydroxyl groups is 1. The Balaban J connectivity index is 1.47. The molecule has 9 heteroatoms. The number of benzene rings is 1. The molecule has 0 amide bonds. The molecule has 36 heavy (non-hydrogen) atoms. The van der Waals surface area contributed by atoms with Gasteiger partial charge in [0.05, 0.1) is 40.4 Å². The highest BCUT2D eigenvalue weighted by Crippen LogP contribution is 2.69. The van der Waals surface area contributed by atoms with E-state index in [0.29, 0.717) is 17.8 Å². The first-order valence-electron chi connectivity index (χ1n) is 12.1. The molecule has 2 aliphatic rings. The number of aromatic nitrogens is 5. The summed E-state index contributed by atoms with van der Waals surface area (Å²) in [6.45, 7) is 6.21. The Labute approximate surface area is 206 Å². The Morgan fingerprint density at radius 2 is 1.89 bits per heavy atom. The molecule has 0 aliphatic heterocycles. The highest BCUT2D eigenvalue weighted by molar-refractivity contribution is 5.64. The zero-order valence-corrected chi connectivity index (χ0v) is 20.2. The highest BCUT2D eigenvalue weighted by Gasteiger charge is 2.65. The van der Waals surface area contributed by atoms with E-state index in [-0.39, 0.29) is 28.5 Å². The summed E-state index contributed by atoms with van der Waals surface area (Å²) in [7, 11) is 0. The molecular weight excluding hydrogens is 464 g/mol. The molecule has 1 saturated carbocycles. The number of nitrogens with zero attached hydrogens (tertiary/aromatic N) is 5. The molecule has 3 heterocycles. The largest absolute Gasteiger partial charge is 0.443 e. The van der Waals surface area contributed by atoms with Gasteiger partial charge in [0.15, 0.2) is 0 Å². The smallest absolute Gasteiger partial charge is 0.247 e. The minimum Gasteiger partial charge on any atom is -0.443 e. The van der Waals surface area contributed by atoms with Crippen molar-refractivity contribution in [2.75, 3.05) is 0 Å². The Hall–Kier alpha value is -3.59. The first-order valence-corrected chi connectivity index (χ1v) is 12.1. The minimum atomic E-state index is -0.711. The Morgan fingerprint density at radius 1 is 1.11 bits per heavy atom. The molecular formula is C27H25F2N5O2. The van der Waals surface area contributed by atoms with Crippen LogP contribution in [0.1, 0.15) is 74.7 Å². The lowest BCUT2D eigenvalue weighted by molar-refractivity contribution is 0.169. The van der Waals surface area contributed by atoms with Gasteiger partial charge in [-0.2, -0.15) is 5.10 Å². The average Bonchev–Trinajstić information content (AvgIpc) is 3.52. The molecule has 1 aromatic carbocycles. The van der Waals surface area contributed by atoms with E-state index >= 15 is 0 Å². The number of halogens is 2. The van der Waals surface area contributed by atoms with Crippen molar-refractivity contribution < 1.29 is 18.3 Å². The van der Waals surface area contributed by atoms with Crippen molar-refractivity contribution in [2.24, 2.45) is 5.41 Å². The van der Waals surface area contributed by atoms with E-state index in [1.807, 2.05) is 6.92 Å². The van der Waals surface area contributed by atoms with E-state index < -0.39 is 23.2 Å². The lowest BCUT2D eigenvalue weighted by Crippen LogP contribution is -2.38. The second kappa shape index (κ2) is 7.96. The van der Waals surface area contributed by atoms with Crippen LogP contribution in [0.5, 0.6) is 0 Å². The summed E-state index contributed by atoms with van der Waals surface area (Å²) >= 11 is 0. The number of hydrogen-bond acceptors (Lipinski definition) is 7. The van der Waals surface area contributed by atoms with Gasteiger partial charge < -0.3 is 9.52 Å². The van der Waals surface area contributed by atoms with Gasteiger partial charge in [-0.05, 0) is 54.4 Å². The first kappa shape index (κ1) is 22.8. The van der Waals surface area contributed by atoms with Gasteiger partial charge in [0, 0.05) is 6.20 Å². The van der Waals surface area contributed by atoms with Crippen LogP contribution >= 0.6 is 0 Å². The summed E-state index contributed by atoms with van der Waals surface area (Å²) in [5.74, 6) is -0.933. The molecule has 0 unspecified atom stereocenters. The van der Waals surface area contributed by atoms with Crippen molar-refractivity contribution in [3.05, 3.63) is 77.2 Å². The standard InChI is InChI=1S/C27H25F2N5O2/c1-4-21(35)20-13-36-25(32-20)19-11-30-12-22(31-19)27-9-8-15(26(27,2)3)14-10-18(33-34-24(14)27)23-16(28)6-5-7-17(23)29/h5-7,10-13,15,21,35H,4,8-9H2,1-3H3/t15-,21-,27-/m0/s1. The normalized spacial score (nSPS) is 22.6. The lowest BCUT2D eigenvalue weighted by atomic mass is 9.66. The van der Waals surface area contributed by atoms with E-state index in [9.17, 15) is 13.9 Å².